The quantitative estimate of drug-likeness (QED) is 0.240. The first-order valence-electron chi connectivity index (χ1n) is 11.5. The van der Waals surface area contributed by atoms with Crippen molar-refractivity contribution in [2.75, 3.05) is 47.7 Å². The van der Waals surface area contributed by atoms with E-state index in [-0.39, 0.29) is 17.0 Å². The highest BCUT2D eigenvalue weighted by atomic mass is 35.5. The van der Waals surface area contributed by atoms with Crippen molar-refractivity contribution in [2.24, 2.45) is 0 Å². The first-order valence-corrected chi connectivity index (χ1v) is 13.5. The van der Waals surface area contributed by atoms with Crippen molar-refractivity contribution < 1.29 is 14.3 Å². The zero-order valence-corrected chi connectivity index (χ0v) is 22.7. The van der Waals surface area contributed by atoms with E-state index >= 15 is 0 Å². The molecule has 0 saturated carbocycles. The van der Waals surface area contributed by atoms with Gasteiger partial charge in [0.25, 0.3) is 5.91 Å². The van der Waals surface area contributed by atoms with E-state index in [1.54, 1.807) is 38.3 Å². The Balaban J connectivity index is 1.50. The number of hydrogen-bond acceptors (Lipinski definition) is 8. The lowest BCUT2D eigenvalue weighted by Gasteiger charge is -2.29. The lowest BCUT2D eigenvalue weighted by Crippen LogP contribution is -2.32. The summed E-state index contributed by atoms with van der Waals surface area (Å²) in [4.78, 5) is 19.3. The van der Waals surface area contributed by atoms with Crippen LogP contribution in [0.3, 0.4) is 0 Å². The van der Waals surface area contributed by atoms with Gasteiger partial charge in [-0.3, -0.25) is 15.2 Å². The summed E-state index contributed by atoms with van der Waals surface area (Å²) in [5.41, 5.74) is 8.39. The largest absolute Gasteiger partial charge is 0.494 e. The molecule has 3 aromatic rings. The van der Waals surface area contributed by atoms with Gasteiger partial charge < -0.3 is 25.4 Å². The molecule has 1 saturated heterocycles. The molecule has 2 aromatic carbocycles. The number of anilines is 3. The third-order valence-electron chi connectivity index (χ3n) is 5.94. The molecule has 2 heterocycles. The van der Waals surface area contributed by atoms with Crippen LogP contribution in [0.2, 0.25) is 10.0 Å². The predicted molar refractivity (Wildman–Crippen MR) is 152 cm³/mol. The molecule has 4 rings (SSSR count). The molecule has 8 nitrogen and oxygen atoms in total. The van der Waals surface area contributed by atoms with Crippen LogP contribution >= 0.6 is 35.0 Å². The summed E-state index contributed by atoms with van der Waals surface area (Å²) in [6, 6.07) is 10.4. The van der Waals surface area contributed by atoms with E-state index < -0.39 is 12.0 Å². The van der Waals surface area contributed by atoms with Crippen LogP contribution in [-0.2, 0) is 4.79 Å². The van der Waals surface area contributed by atoms with Gasteiger partial charge in [-0.2, -0.15) is 11.8 Å². The molecule has 1 aliphatic rings. The van der Waals surface area contributed by atoms with E-state index in [0.717, 1.165) is 30.3 Å². The highest BCUT2D eigenvalue weighted by molar-refractivity contribution is 7.99. The summed E-state index contributed by atoms with van der Waals surface area (Å²) in [6.07, 6.45) is 2.47. The van der Waals surface area contributed by atoms with Crippen molar-refractivity contribution in [3.63, 3.8) is 0 Å². The second-order valence-electron chi connectivity index (χ2n) is 8.34. The van der Waals surface area contributed by atoms with Crippen LogP contribution in [-0.4, -0.2) is 48.3 Å². The second kappa shape index (κ2) is 11.9. The topological polar surface area (TPSA) is 114 Å². The van der Waals surface area contributed by atoms with Crippen LogP contribution < -0.4 is 25.4 Å². The summed E-state index contributed by atoms with van der Waals surface area (Å²) in [6.45, 7) is 3.71. The minimum absolute atomic E-state index is 0.232. The van der Waals surface area contributed by atoms with Gasteiger partial charge in [-0.05, 0) is 37.3 Å². The van der Waals surface area contributed by atoms with Gasteiger partial charge in [0.15, 0.2) is 0 Å². The molecule has 1 aliphatic heterocycles. The van der Waals surface area contributed by atoms with Crippen molar-refractivity contribution >= 4 is 63.6 Å². The number of ether oxygens (including phenoxy) is 2. The fourth-order valence-electron chi connectivity index (χ4n) is 4.01. The average molecular weight is 561 g/mol. The van der Waals surface area contributed by atoms with Gasteiger partial charge in [-0.15, -0.1) is 0 Å². The van der Waals surface area contributed by atoms with Crippen LogP contribution in [0.5, 0.6) is 11.5 Å². The number of carbonyl (C=O) groups excluding carboxylic acids is 1. The molecule has 1 aromatic heterocycles. The lowest BCUT2D eigenvalue weighted by molar-refractivity contribution is -0.110. The van der Waals surface area contributed by atoms with Crippen molar-refractivity contribution in [2.45, 2.75) is 13.0 Å². The van der Waals surface area contributed by atoms with Crippen molar-refractivity contribution in [1.29, 1.82) is 5.41 Å². The van der Waals surface area contributed by atoms with Gasteiger partial charge >= 0.3 is 0 Å². The fourth-order valence-corrected chi connectivity index (χ4v) is 5.58. The Kier molecular flexibility index (Phi) is 8.68. The Morgan fingerprint density at radius 2 is 1.86 bits per heavy atom. The Morgan fingerprint density at radius 1 is 1.16 bits per heavy atom. The zero-order valence-electron chi connectivity index (χ0n) is 20.4. The van der Waals surface area contributed by atoms with Crippen LogP contribution in [0.25, 0.3) is 0 Å². The van der Waals surface area contributed by atoms with Crippen LogP contribution in [0.15, 0.2) is 48.8 Å². The van der Waals surface area contributed by atoms with Gasteiger partial charge in [0.05, 0.1) is 22.8 Å². The molecular weight excluding hydrogens is 533 g/mol. The maximum atomic E-state index is 13.0. The predicted octanol–water partition coefficient (Wildman–Crippen LogP) is 5.68. The molecule has 1 unspecified atom stereocenters. The van der Waals surface area contributed by atoms with Crippen LogP contribution in [0.1, 0.15) is 24.2 Å². The molecule has 1 amide bonds. The highest BCUT2D eigenvalue weighted by Gasteiger charge is 2.21. The lowest BCUT2D eigenvalue weighted by atomic mass is 10.1. The summed E-state index contributed by atoms with van der Waals surface area (Å²) < 4.78 is 11.5. The fraction of sp³-hybridized carbons (Fsp3) is 0.269. The number of rotatable bonds is 8. The van der Waals surface area contributed by atoms with E-state index in [2.05, 4.69) is 15.2 Å². The molecule has 0 aliphatic carbocycles. The van der Waals surface area contributed by atoms with Gasteiger partial charge in [0, 0.05) is 65.6 Å². The second-order valence-corrected chi connectivity index (χ2v) is 10.4. The number of nitrogens with zero attached hydrogens (tertiary/aromatic N) is 2. The molecule has 1 fully saturated rings. The number of aromatic nitrogens is 1. The average Bonchev–Trinajstić information content (AvgIpc) is 2.90. The Hall–Kier alpha value is -3.14. The smallest absolute Gasteiger partial charge is 0.274 e. The standard InChI is InChI=1S/C26H27Cl2N5O3S/c1-15(24-19(27)13-31-14-20(24)28)36-17-4-5-21(29)18(12-17)25(30)26(34)32-22-6-3-16(11-23(22)35-2)33-7-9-37-10-8-33/h3-6,11-15,30H,7-10,29H2,1-2H3,(H,32,34). The first kappa shape index (κ1) is 26.9. The third kappa shape index (κ3) is 6.23. The number of thioether (sulfide) groups is 1. The van der Waals surface area contributed by atoms with E-state index in [1.807, 2.05) is 23.9 Å². The summed E-state index contributed by atoms with van der Waals surface area (Å²) >= 11 is 14.4. The first-order chi connectivity index (χ1) is 17.8. The Morgan fingerprint density at radius 3 is 2.54 bits per heavy atom. The summed E-state index contributed by atoms with van der Waals surface area (Å²) in [5.74, 6) is 2.44. The molecule has 194 valence electrons. The van der Waals surface area contributed by atoms with Crippen LogP contribution in [0.4, 0.5) is 17.1 Å². The van der Waals surface area contributed by atoms with E-state index in [1.165, 1.54) is 12.4 Å². The number of nitrogen functional groups attached to an aromatic ring is 1. The van der Waals surface area contributed by atoms with E-state index in [4.69, 9.17) is 43.8 Å². The van der Waals surface area contributed by atoms with Gasteiger partial charge in [0.1, 0.15) is 23.3 Å². The number of nitrogens with one attached hydrogen (secondary N) is 2. The number of pyridine rings is 1. The van der Waals surface area contributed by atoms with E-state index in [0.29, 0.717) is 32.8 Å². The molecule has 0 bridgehead atoms. The SMILES string of the molecule is COc1cc(N2CCSCC2)ccc1NC(=O)C(=N)c1cc(OC(C)c2c(Cl)cncc2Cl)ccc1N. The summed E-state index contributed by atoms with van der Waals surface area (Å²) in [7, 11) is 1.55. The number of benzene rings is 2. The monoisotopic (exact) mass is 559 g/mol. The van der Waals surface area contributed by atoms with E-state index in [9.17, 15) is 4.79 Å². The molecular formula is C26H27Cl2N5O3S. The van der Waals surface area contributed by atoms with Crippen LogP contribution in [0, 0.1) is 5.41 Å². The number of amides is 1. The van der Waals surface area contributed by atoms with Gasteiger partial charge in [-0.1, -0.05) is 23.2 Å². The number of methoxy groups -OCH3 is 1. The number of hydrogen-bond donors (Lipinski definition) is 3. The van der Waals surface area contributed by atoms with Crippen molar-refractivity contribution in [3.05, 3.63) is 70.0 Å². The summed E-state index contributed by atoms with van der Waals surface area (Å²) in [5, 5.41) is 12.0. The molecule has 0 spiro atoms. The highest BCUT2D eigenvalue weighted by Crippen LogP contribution is 2.34. The maximum Gasteiger partial charge on any atom is 0.274 e. The molecule has 0 radical (unpaired) electrons. The molecule has 4 N–H and O–H groups in total. The van der Waals surface area contributed by atoms with Gasteiger partial charge in [0.2, 0.25) is 0 Å². The Labute approximate surface area is 229 Å². The molecule has 37 heavy (non-hydrogen) atoms. The number of halogens is 2. The van der Waals surface area contributed by atoms with Crippen molar-refractivity contribution in [1.82, 2.24) is 4.98 Å². The molecule has 1 atom stereocenters. The third-order valence-corrected chi connectivity index (χ3v) is 7.49. The number of nitrogens with two attached hydrogens (primary N) is 1. The van der Waals surface area contributed by atoms with Gasteiger partial charge in [-0.25, -0.2) is 0 Å². The minimum Gasteiger partial charge on any atom is -0.494 e. The minimum atomic E-state index is -0.627. The normalized spacial score (nSPS) is 14.1. The number of carbonyl (C=O) groups is 1. The Bertz CT molecular complexity index is 1300. The maximum absolute atomic E-state index is 13.0. The molecule has 11 heteroatoms. The van der Waals surface area contributed by atoms with Crippen molar-refractivity contribution in [3.8, 4) is 11.5 Å². The zero-order chi connectivity index (χ0) is 26.5.